The van der Waals surface area contributed by atoms with Crippen LogP contribution in [0.1, 0.15) is 16.7 Å². The molecule has 6 nitrogen and oxygen atoms in total. The summed E-state index contributed by atoms with van der Waals surface area (Å²) >= 11 is 0. The van der Waals surface area contributed by atoms with Crippen LogP contribution in [0.5, 0.6) is 0 Å². The Labute approximate surface area is 155 Å². The van der Waals surface area contributed by atoms with Crippen LogP contribution in [0.15, 0.2) is 59.0 Å². The number of nitrogens with two attached hydrogens (primary N) is 2. The highest BCUT2D eigenvalue weighted by molar-refractivity contribution is 5.99. The van der Waals surface area contributed by atoms with E-state index in [0.717, 1.165) is 39.2 Å². The number of furan rings is 1. The Balaban J connectivity index is 1.71. The molecule has 0 bridgehead atoms. The Morgan fingerprint density at radius 2 is 1.52 bits per heavy atom. The van der Waals surface area contributed by atoms with Gasteiger partial charge in [-0.2, -0.15) is 0 Å². The Bertz CT molecular complexity index is 1200. The molecule has 0 aliphatic carbocycles. The van der Waals surface area contributed by atoms with Crippen molar-refractivity contribution in [2.45, 2.75) is 6.92 Å². The zero-order valence-electron chi connectivity index (χ0n) is 14.8. The first-order valence-electron chi connectivity index (χ1n) is 8.45. The van der Waals surface area contributed by atoms with Gasteiger partial charge in [0.05, 0.1) is 5.69 Å². The predicted octanol–water partition coefficient (Wildman–Crippen LogP) is 3.97. The van der Waals surface area contributed by atoms with Gasteiger partial charge in [-0.25, -0.2) is 0 Å². The fourth-order valence-corrected chi connectivity index (χ4v) is 3.16. The highest BCUT2D eigenvalue weighted by Gasteiger charge is 2.12. The summed E-state index contributed by atoms with van der Waals surface area (Å²) in [6.45, 7) is 1.97. The van der Waals surface area contributed by atoms with Crippen LogP contribution in [0.4, 0.5) is 0 Å². The Kier molecular flexibility index (Phi) is 3.81. The van der Waals surface area contributed by atoms with E-state index >= 15 is 0 Å². The van der Waals surface area contributed by atoms with Crippen molar-refractivity contribution >= 4 is 22.6 Å². The summed E-state index contributed by atoms with van der Waals surface area (Å²) in [6, 6.07) is 17.1. The minimum Gasteiger partial charge on any atom is -0.455 e. The number of amidine groups is 2. The first-order valence-corrected chi connectivity index (χ1v) is 8.45. The van der Waals surface area contributed by atoms with Gasteiger partial charge < -0.3 is 20.9 Å². The minimum atomic E-state index is 0.0396. The minimum absolute atomic E-state index is 0.0396. The summed E-state index contributed by atoms with van der Waals surface area (Å²) in [7, 11) is 0. The van der Waals surface area contributed by atoms with Gasteiger partial charge in [0, 0.05) is 27.6 Å². The third-order valence-electron chi connectivity index (χ3n) is 4.61. The SMILES string of the molecule is Cc1cc(C(=N)N)ccc1-c1ccc(-c2cc3ccc(C(=N)N)cc3[nH]2)o1. The number of hydrogen-bond acceptors (Lipinski definition) is 3. The van der Waals surface area contributed by atoms with E-state index in [1.807, 2.05) is 61.5 Å². The fraction of sp³-hybridized carbons (Fsp3) is 0.0476. The normalized spacial score (nSPS) is 11.0. The topological polar surface area (TPSA) is 129 Å². The molecule has 7 N–H and O–H groups in total. The van der Waals surface area contributed by atoms with Crippen molar-refractivity contribution in [3.63, 3.8) is 0 Å². The van der Waals surface area contributed by atoms with Gasteiger partial charge in [0.25, 0.3) is 0 Å². The van der Waals surface area contributed by atoms with Gasteiger partial charge in [-0.15, -0.1) is 0 Å². The second-order valence-corrected chi connectivity index (χ2v) is 6.51. The van der Waals surface area contributed by atoms with Crippen molar-refractivity contribution in [3.8, 4) is 22.8 Å². The molecule has 4 rings (SSSR count). The van der Waals surface area contributed by atoms with Gasteiger partial charge in [0.1, 0.15) is 17.4 Å². The molecule has 0 amide bonds. The molecule has 0 fully saturated rings. The molecule has 0 spiro atoms. The van der Waals surface area contributed by atoms with Crippen molar-refractivity contribution in [3.05, 3.63) is 71.3 Å². The van der Waals surface area contributed by atoms with E-state index in [-0.39, 0.29) is 11.7 Å². The molecule has 27 heavy (non-hydrogen) atoms. The zero-order valence-corrected chi connectivity index (χ0v) is 14.8. The molecule has 6 heteroatoms. The van der Waals surface area contributed by atoms with Gasteiger partial charge in [0.15, 0.2) is 5.76 Å². The molecule has 0 atom stereocenters. The third kappa shape index (κ3) is 2.97. The molecule has 0 radical (unpaired) electrons. The lowest BCUT2D eigenvalue weighted by atomic mass is 10.0. The van der Waals surface area contributed by atoms with Crippen LogP contribution in [-0.2, 0) is 0 Å². The number of aromatic amines is 1. The van der Waals surface area contributed by atoms with Gasteiger partial charge in [-0.1, -0.05) is 24.3 Å². The van der Waals surface area contributed by atoms with E-state index in [9.17, 15) is 0 Å². The summed E-state index contributed by atoms with van der Waals surface area (Å²) in [6.07, 6.45) is 0. The van der Waals surface area contributed by atoms with Crippen LogP contribution in [-0.4, -0.2) is 16.7 Å². The molecule has 0 saturated heterocycles. The maximum absolute atomic E-state index is 7.57. The van der Waals surface area contributed by atoms with E-state index in [1.165, 1.54) is 0 Å². The molecule has 2 heterocycles. The van der Waals surface area contributed by atoms with E-state index in [2.05, 4.69) is 4.98 Å². The number of hydrogen-bond donors (Lipinski definition) is 5. The average molecular weight is 357 g/mol. The van der Waals surface area contributed by atoms with Gasteiger partial charge in [-0.3, -0.25) is 10.8 Å². The van der Waals surface area contributed by atoms with E-state index in [1.54, 1.807) is 0 Å². The monoisotopic (exact) mass is 357 g/mol. The molecule has 0 unspecified atom stereocenters. The first-order chi connectivity index (χ1) is 12.9. The molecule has 0 saturated carbocycles. The lowest BCUT2D eigenvalue weighted by molar-refractivity contribution is 0.595. The van der Waals surface area contributed by atoms with E-state index in [4.69, 9.17) is 26.7 Å². The first kappa shape index (κ1) is 16.7. The maximum Gasteiger partial charge on any atom is 0.151 e. The smallest absolute Gasteiger partial charge is 0.151 e. The van der Waals surface area contributed by atoms with Crippen molar-refractivity contribution in [2.75, 3.05) is 0 Å². The lowest BCUT2D eigenvalue weighted by Crippen LogP contribution is -2.11. The molecular formula is C21H19N5O. The van der Waals surface area contributed by atoms with Crippen LogP contribution < -0.4 is 11.5 Å². The van der Waals surface area contributed by atoms with Gasteiger partial charge in [-0.05, 0) is 42.8 Å². The van der Waals surface area contributed by atoms with Crippen LogP contribution in [0.2, 0.25) is 0 Å². The van der Waals surface area contributed by atoms with Crippen molar-refractivity contribution in [2.24, 2.45) is 11.5 Å². The quantitative estimate of drug-likeness (QED) is 0.280. The molecule has 4 aromatic rings. The van der Waals surface area contributed by atoms with Crippen molar-refractivity contribution in [1.82, 2.24) is 4.98 Å². The largest absolute Gasteiger partial charge is 0.455 e. The highest BCUT2D eigenvalue weighted by Crippen LogP contribution is 2.32. The second kappa shape index (κ2) is 6.17. The fourth-order valence-electron chi connectivity index (χ4n) is 3.16. The van der Waals surface area contributed by atoms with Crippen LogP contribution in [0.25, 0.3) is 33.7 Å². The third-order valence-corrected chi connectivity index (χ3v) is 4.61. The standard InChI is InChI=1S/C21H19N5O/c1-11-8-13(20(22)23)4-5-15(11)18-6-7-19(27-18)17-9-12-2-3-14(21(24)25)10-16(12)26-17/h2-10,26H,1H3,(H3,22,23)(H3,24,25). The van der Waals surface area contributed by atoms with Crippen LogP contribution in [0, 0.1) is 17.7 Å². The number of aromatic nitrogens is 1. The second-order valence-electron chi connectivity index (χ2n) is 6.51. The lowest BCUT2D eigenvalue weighted by Gasteiger charge is -2.05. The number of nitrogen functional groups attached to an aromatic ring is 2. The summed E-state index contributed by atoms with van der Waals surface area (Å²) in [5, 5.41) is 16.1. The molecule has 0 aliphatic heterocycles. The summed E-state index contributed by atoms with van der Waals surface area (Å²) in [5.74, 6) is 1.56. The number of rotatable bonds is 4. The number of aryl methyl sites for hydroxylation is 1. The van der Waals surface area contributed by atoms with Crippen LogP contribution >= 0.6 is 0 Å². The average Bonchev–Trinajstić information content (AvgIpc) is 3.27. The Hall–Kier alpha value is -3.80. The Morgan fingerprint density at radius 1 is 0.852 bits per heavy atom. The van der Waals surface area contributed by atoms with Gasteiger partial charge >= 0.3 is 0 Å². The van der Waals surface area contributed by atoms with Crippen molar-refractivity contribution < 1.29 is 4.42 Å². The molecule has 0 aliphatic rings. The van der Waals surface area contributed by atoms with E-state index in [0.29, 0.717) is 11.1 Å². The summed E-state index contributed by atoms with van der Waals surface area (Å²) < 4.78 is 6.06. The summed E-state index contributed by atoms with van der Waals surface area (Å²) in [5.41, 5.74) is 16.2. The van der Waals surface area contributed by atoms with Crippen LogP contribution in [0.3, 0.4) is 0 Å². The summed E-state index contributed by atoms with van der Waals surface area (Å²) in [4.78, 5) is 3.32. The van der Waals surface area contributed by atoms with Gasteiger partial charge in [0.2, 0.25) is 0 Å². The number of H-pyrrole nitrogens is 1. The zero-order chi connectivity index (χ0) is 19.1. The molecule has 2 aromatic heterocycles. The van der Waals surface area contributed by atoms with Crippen molar-refractivity contribution in [1.29, 1.82) is 10.8 Å². The number of benzene rings is 2. The highest BCUT2D eigenvalue weighted by atomic mass is 16.3. The number of nitrogens with one attached hydrogen (secondary N) is 3. The maximum atomic E-state index is 7.57. The number of fused-ring (bicyclic) bond motifs is 1. The molecular weight excluding hydrogens is 338 g/mol. The van der Waals surface area contributed by atoms with E-state index < -0.39 is 0 Å². The Morgan fingerprint density at radius 3 is 2.22 bits per heavy atom. The predicted molar refractivity (Wildman–Crippen MR) is 108 cm³/mol. The molecule has 134 valence electrons. The molecule has 2 aromatic carbocycles.